The predicted octanol–water partition coefficient (Wildman–Crippen LogP) is 2.08. The Bertz CT molecular complexity index is 567. The quantitative estimate of drug-likeness (QED) is 0.800. The monoisotopic (exact) mass is 298 g/mol. The summed E-state index contributed by atoms with van der Waals surface area (Å²) in [5.41, 5.74) is -0.977. The number of sulfone groups is 1. The SMILES string of the molecule is CC1(CS(=O)(=O)c2ccccc2)COC2(CCC2)OO1. The maximum atomic E-state index is 12.4. The zero-order valence-corrected chi connectivity index (χ0v) is 12.2. The molecule has 3 rings (SSSR count). The molecular weight excluding hydrogens is 280 g/mol. The van der Waals surface area contributed by atoms with Crippen LogP contribution in [0.25, 0.3) is 0 Å². The van der Waals surface area contributed by atoms with Crippen LogP contribution in [0.5, 0.6) is 0 Å². The molecule has 6 heteroatoms. The van der Waals surface area contributed by atoms with Crippen LogP contribution >= 0.6 is 0 Å². The van der Waals surface area contributed by atoms with Gasteiger partial charge < -0.3 is 4.74 Å². The zero-order chi connectivity index (χ0) is 14.3. The fraction of sp³-hybridized carbons (Fsp3) is 0.571. The third kappa shape index (κ3) is 2.61. The molecule has 0 N–H and O–H groups in total. The van der Waals surface area contributed by atoms with E-state index in [-0.39, 0.29) is 17.3 Å². The highest BCUT2D eigenvalue weighted by molar-refractivity contribution is 7.91. The van der Waals surface area contributed by atoms with Crippen LogP contribution < -0.4 is 0 Å². The fourth-order valence-electron chi connectivity index (χ4n) is 2.38. The maximum absolute atomic E-state index is 12.4. The number of benzene rings is 1. The lowest BCUT2D eigenvalue weighted by Crippen LogP contribution is -2.56. The van der Waals surface area contributed by atoms with Gasteiger partial charge in [0, 0.05) is 12.8 Å². The van der Waals surface area contributed by atoms with Gasteiger partial charge in [0.15, 0.2) is 9.84 Å². The van der Waals surface area contributed by atoms with E-state index in [1.54, 1.807) is 37.3 Å². The minimum Gasteiger partial charge on any atom is -0.344 e. The van der Waals surface area contributed by atoms with Crippen LogP contribution in [0, 0.1) is 0 Å². The van der Waals surface area contributed by atoms with Gasteiger partial charge in [0.05, 0.1) is 17.3 Å². The standard InChI is InChI=1S/C14H18O5S/c1-13(10-17-14(19-18-13)8-5-9-14)11-20(15,16)12-6-3-2-4-7-12/h2-4,6-7H,5,8-11H2,1H3. The smallest absolute Gasteiger partial charge is 0.201 e. The highest BCUT2D eigenvalue weighted by atomic mass is 32.2. The molecule has 1 heterocycles. The lowest BCUT2D eigenvalue weighted by Gasteiger charge is -2.47. The first-order valence-electron chi connectivity index (χ1n) is 6.72. The molecule has 1 aromatic carbocycles. The van der Waals surface area contributed by atoms with Gasteiger partial charge in [-0.3, -0.25) is 0 Å². The summed E-state index contributed by atoms with van der Waals surface area (Å²) in [7, 11) is -3.43. The van der Waals surface area contributed by atoms with Crippen molar-refractivity contribution >= 4 is 9.84 Å². The van der Waals surface area contributed by atoms with Crippen molar-refractivity contribution in [2.45, 2.75) is 42.5 Å². The third-order valence-electron chi connectivity index (χ3n) is 3.75. The fourth-order valence-corrected chi connectivity index (χ4v) is 4.05. The van der Waals surface area contributed by atoms with Crippen molar-refractivity contribution in [3.05, 3.63) is 30.3 Å². The van der Waals surface area contributed by atoms with Crippen LogP contribution in [-0.2, 0) is 24.3 Å². The largest absolute Gasteiger partial charge is 0.344 e. The second-order valence-corrected chi connectivity index (χ2v) is 7.73. The molecule has 1 saturated carbocycles. The molecule has 0 bridgehead atoms. The summed E-state index contributed by atoms with van der Waals surface area (Å²) in [6.07, 6.45) is 2.64. The highest BCUT2D eigenvalue weighted by Crippen LogP contribution is 2.42. The minimum absolute atomic E-state index is 0.167. The van der Waals surface area contributed by atoms with Crippen molar-refractivity contribution in [1.29, 1.82) is 0 Å². The molecule has 20 heavy (non-hydrogen) atoms. The third-order valence-corrected chi connectivity index (χ3v) is 5.73. The molecule has 0 amide bonds. The van der Waals surface area contributed by atoms with E-state index in [1.165, 1.54) is 0 Å². The van der Waals surface area contributed by atoms with E-state index in [4.69, 9.17) is 14.5 Å². The van der Waals surface area contributed by atoms with E-state index in [9.17, 15) is 8.42 Å². The first-order valence-corrected chi connectivity index (χ1v) is 8.37. The Morgan fingerprint density at radius 2 is 1.85 bits per heavy atom. The molecule has 0 aromatic heterocycles. The summed E-state index contributed by atoms with van der Waals surface area (Å²) < 4.78 is 30.4. The van der Waals surface area contributed by atoms with Gasteiger partial charge in [0.2, 0.25) is 5.79 Å². The first kappa shape index (κ1) is 14.0. The average molecular weight is 298 g/mol. The van der Waals surface area contributed by atoms with Gasteiger partial charge in [-0.1, -0.05) is 18.2 Å². The molecule has 2 aliphatic rings. The molecule has 1 aromatic rings. The van der Waals surface area contributed by atoms with Gasteiger partial charge in [0.1, 0.15) is 5.60 Å². The van der Waals surface area contributed by atoms with Crippen LogP contribution in [0.2, 0.25) is 0 Å². The van der Waals surface area contributed by atoms with E-state index in [2.05, 4.69) is 0 Å². The molecule has 2 fully saturated rings. The van der Waals surface area contributed by atoms with E-state index in [0.717, 1.165) is 19.3 Å². The molecule has 1 spiro atoms. The number of hydrogen-bond donors (Lipinski definition) is 0. The van der Waals surface area contributed by atoms with Crippen LogP contribution in [0.15, 0.2) is 35.2 Å². The average Bonchev–Trinajstić information content (AvgIpc) is 2.38. The van der Waals surface area contributed by atoms with Crippen LogP contribution in [0.3, 0.4) is 0 Å². The van der Waals surface area contributed by atoms with Crippen molar-refractivity contribution < 1.29 is 22.9 Å². The molecule has 5 nitrogen and oxygen atoms in total. The van der Waals surface area contributed by atoms with Gasteiger partial charge in [-0.15, -0.1) is 0 Å². The van der Waals surface area contributed by atoms with E-state index in [0.29, 0.717) is 0 Å². The molecular formula is C14H18O5S. The second kappa shape index (κ2) is 4.80. The first-order chi connectivity index (χ1) is 9.43. The van der Waals surface area contributed by atoms with Crippen molar-refractivity contribution in [1.82, 2.24) is 0 Å². The summed E-state index contributed by atoms with van der Waals surface area (Å²) in [5, 5.41) is 0. The Hall–Kier alpha value is -0.950. The minimum atomic E-state index is -3.43. The van der Waals surface area contributed by atoms with E-state index in [1.807, 2.05) is 0 Å². The summed E-state index contributed by atoms with van der Waals surface area (Å²) in [5.74, 6) is -0.796. The van der Waals surface area contributed by atoms with Gasteiger partial charge >= 0.3 is 0 Å². The number of rotatable bonds is 3. The molecule has 1 saturated heterocycles. The van der Waals surface area contributed by atoms with Crippen LogP contribution in [-0.4, -0.2) is 32.2 Å². The maximum Gasteiger partial charge on any atom is 0.201 e. The number of hydrogen-bond acceptors (Lipinski definition) is 5. The predicted molar refractivity (Wildman–Crippen MR) is 71.6 cm³/mol. The van der Waals surface area contributed by atoms with E-state index < -0.39 is 21.2 Å². The topological polar surface area (TPSA) is 61.8 Å². The normalized spacial score (nSPS) is 29.1. The van der Waals surface area contributed by atoms with Crippen molar-refractivity contribution in [3.63, 3.8) is 0 Å². The molecule has 1 aliphatic carbocycles. The lowest BCUT2D eigenvalue weighted by atomic mass is 9.91. The Labute approximate surface area is 118 Å². The van der Waals surface area contributed by atoms with Crippen LogP contribution in [0.4, 0.5) is 0 Å². The Balaban J connectivity index is 1.71. The van der Waals surface area contributed by atoms with E-state index >= 15 is 0 Å². The molecule has 1 aliphatic heterocycles. The number of ether oxygens (including phenoxy) is 1. The lowest BCUT2D eigenvalue weighted by molar-refractivity contribution is -0.520. The van der Waals surface area contributed by atoms with Crippen molar-refractivity contribution in [2.24, 2.45) is 0 Å². The summed E-state index contributed by atoms with van der Waals surface area (Å²) in [6.45, 7) is 1.91. The molecule has 1 unspecified atom stereocenters. The van der Waals surface area contributed by atoms with Gasteiger partial charge in [-0.2, -0.15) is 0 Å². The molecule has 110 valence electrons. The molecule has 1 atom stereocenters. The summed E-state index contributed by atoms with van der Waals surface area (Å²) >= 11 is 0. The highest BCUT2D eigenvalue weighted by Gasteiger charge is 2.49. The Morgan fingerprint density at radius 1 is 1.15 bits per heavy atom. The summed E-state index contributed by atoms with van der Waals surface area (Å²) in [6, 6.07) is 8.35. The Morgan fingerprint density at radius 3 is 2.35 bits per heavy atom. The van der Waals surface area contributed by atoms with Gasteiger partial charge in [-0.25, -0.2) is 18.2 Å². The molecule has 0 radical (unpaired) electrons. The second-order valence-electron chi connectivity index (χ2n) is 5.74. The zero-order valence-electron chi connectivity index (χ0n) is 11.4. The van der Waals surface area contributed by atoms with Crippen LogP contribution in [0.1, 0.15) is 26.2 Å². The van der Waals surface area contributed by atoms with Gasteiger partial charge in [-0.05, 0) is 25.5 Å². The van der Waals surface area contributed by atoms with Crippen molar-refractivity contribution in [2.75, 3.05) is 12.4 Å². The summed E-state index contributed by atoms with van der Waals surface area (Å²) in [4.78, 5) is 11.0. The van der Waals surface area contributed by atoms with Gasteiger partial charge in [0.25, 0.3) is 0 Å². The van der Waals surface area contributed by atoms with Crippen molar-refractivity contribution in [3.8, 4) is 0 Å². The Kier molecular flexibility index (Phi) is 3.36.